The second kappa shape index (κ2) is 11.1. The van der Waals surface area contributed by atoms with Crippen LogP contribution >= 0.6 is 11.8 Å². The van der Waals surface area contributed by atoms with Crippen LogP contribution in [0, 0.1) is 35.4 Å². The predicted octanol–water partition coefficient (Wildman–Crippen LogP) is 8.05. The third-order valence-electron chi connectivity index (χ3n) is 8.59. The molecule has 1 saturated carbocycles. The van der Waals surface area contributed by atoms with E-state index in [0.717, 1.165) is 47.4 Å². The number of fused-ring (bicyclic) bond motifs is 1. The molecule has 1 aliphatic carbocycles. The van der Waals surface area contributed by atoms with Gasteiger partial charge in [-0.15, -0.1) is 0 Å². The summed E-state index contributed by atoms with van der Waals surface area (Å²) in [5, 5.41) is 28.7. The number of halogens is 1. The van der Waals surface area contributed by atoms with Crippen molar-refractivity contribution in [1.29, 1.82) is 10.5 Å². The molecule has 0 bridgehead atoms. The van der Waals surface area contributed by atoms with E-state index in [2.05, 4.69) is 62.7 Å². The summed E-state index contributed by atoms with van der Waals surface area (Å²) >= 11 is 1.33. The smallest absolute Gasteiger partial charge is 0.192 e. The molecule has 0 aliphatic heterocycles. The van der Waals surface area contributed by atoms with Crippen LogP contribution in [0.25, 0.3) is 16.6 Å². The van der Waals surface area contributed by atoms with Crippen molar-refractivity contribution in [3.63, 3.8) is 0 Å². The lowest BCUT2D eigenvalue weighted by Crippen LogP contribution is -2.44. The van der Waals surface area contributed by atoms with Crippen LogP contribution in [-0.4, -0.2) is 33.8 Å². The summed E-state index contributed by atoms with van der Waals surface area (Å²) in [7, 11) is -1.80. The number of aromatic nitrogens is 4. The molecule has 1 fully saturated rings. The van der Waals surface area contributed by atoms with E-state index < -0.39 is 14.1 Å². The van der Waals surface area contributed by atoms with E-state index >= 15 is 0 Å². The molecule has 0 unspecified atom stereocenters. The maximum Gasteiger partial charge on any atom is 0.192 e. The lowest BCUT2D eigenvalue weighted by atomic mass is 9.93. The molecule has 7 nitrogen and oxygen atoms in total. The first-order valence-corrected chi connectivity index (χ1v) is 17.7. The lowest BCUT2D eigenvalue weighted by Gasteiger charge is -2.41. The molecule has 10 heteroatoms. The maximum absolute atomic E-state index is 13.8. The average Bonchev–Trinajstić information content (AvgIpc) is 3.52. The van der Waals surface area contributed by atoms with Crippen molar-refractivity contribution >= 4 is 25.6 Å². The molecule has 0 N–H and O–H groups in total. The van der Waals surface area contributed by atoms with Crippen LogP contribution in [0.4, 0.5) is 4.39 Å². The molecular weight excluding hydrogens is 552 g/mol. The van der Waals surface area contributed by atoms with Crippen molar-refractivity contribution < 1.29 is 8.82 Å². The van der Waals surface area contributed by atoms with Crippen LogP contribution < -0.4 is 0 Å². The Balaban J connectivity index is 1.43. The largest absolute Gasteiger partial charge is 0.414 e. The average molecular weight is 587 g/mol. The van der Waals surface area contributed by atoms with Crippen molar-refractivity contribution in [2.45, 2.75) is 93.4 Å². The quantitative estimate of drug-likeness (QED) is 0.212. The van der Waals surface area contributed by atoms with Crippen molar-refractivity contribution in [1.82, 2.24) is 19.4 Å². The minimum atomic E-state index is -1.80. The van der Waals surface area contributed by atoms with Crippen LogP contribution in [-0.2, 0) is 4.43 Å². The number of benzene rings is 1. The maximum atomic E-state index is 13.8. The van der Waals surface area contributed by atoms with E-state index in [9.17, 15) is 14.9 Å². The summed E-state index contributed by atoms with van der Waals surface area (Å²) in [4.78, 5) is 1.37. The molecular formula is C31H35FN6OSSi. The van der Waals surface area contributed by atoms with Gasteiger partial charge >= 0.3 is 0 Å². The first-order valence-electron chi connectivity index (χ1n) is 13.9. The highest BCUT2D eigenvalue weighted by Crippen LogP contribution is 2.42. The van der Waals surface area contributed by atoms with E-state index in [4.69, 9.17) is 9.52 Å². The van der Waals surface area contributed by atoms with E-state index in [-0.39, 0.29) is 10.6 Å². The third kappa shape index (κ3) is 5.69. The topological polar surface area (TPSA) is 91.9 Å². The van der Waals surface area contributed by atoms with Crippen molar-refractivity contribution in [3.05, 3.63) is 65.5 Å². The molecule has 0 atom stereocenters. The summed E-state index contributed by atoms with van der Waals surface area (Å²) in [5.41, 5.74) is 4.30. The Bertz CT molecular complexity index is 1680. The SMILES string of the molecule is Cc1c(-c2cc(Sc3ccc(F)cc3C#N)c3c(C#N)cnn3c2)cnn1C1CCC(O[Si](C)(C)C(C)(C)C)CC1. The summed E-state index contributed by atoms with van der Waals surface area (Å²) in [6, 6.07) is 10.8. The molecule has 3 heterocycles. The minimum Gasteiger partial charge on any atom is -0.414 e. The van der Waals surface area contributed by atoms with Gasteiger partial charge in [0.2, 0.25) is 0 Å². The van der Waals surface area contributed by atoms with E-state index in [0.29, 0.717) is 28.1 Å². The molecule has 0 saturated heterocycles. The number of nitriles is 2. The second-order valence-electron chi connectivity index (χ2n) is 12.3. The van der Waals surface area contributed by atoms with Gasteiger partial charge in [-0.2, -0.15) is 20.7 Å². The molecule has 1 aromatic carbocycles. The molecule has 0 amide bonds. The highest BCUT2D eigenvalue weighted by molar-refractivity contribution is 7.99. The molecule has 5 rings (SSSR count). The van der Waals surface area contributed by atoms with Gasteiger partial charge in [0.1, 0.15) is 18.0 Å². The van der Waals surface area contributed by atoms with Crippen LogP contribution in [0.3, 0.4) is 0 Å². The van der Waals surface area contributed by atoms with Crippen molar-refractivity contribution in [2.24, 2.45) is 0 Å². The van der Waals surface area contributed by atoms with Crippen molar-refractivity contribution in [3.8, 4) is 23.3 Å². The van der Waals surface area contributed by atoms with Gasteiger partial charge in [-0.25, -0.2) is 8.91 Å². The Labute approximate surface area is 246 Å². The number of hydrogen-bond donors (Lipinski definition) is 0. The Kier molecular flexibility index (Phi) is 7.86. The molecule has 3 aromatic heterocycles. The fraction of sp³-hybridized carbons (Fsp3) is 0.419. The fourth-order valence-electron chi connectivity index (χ4n) is 5.26. The fourth-order valence-corrected chi connectivity index (χ4v) is 7.76. The van der Waals surface area contributed by atoms with Gasteiger partial charge in [-0.1, -0.05) is 32.5 Å². The van der Waals surface area contributed by atoms with Crippen LogP contribution in [0.2, 0.25) is 18.1 Å². The van der Waals surface area contributed by atoms with Gasteiger partial charge in [0.05, 0.1) is 35.1 Å². The summed E-state index contributed by atoms with van der Waals surface area (Å²) in [6.07, 6.45) is 9.76. The van der Waals surface area contributed by atoms with Gasteiger partial charge in [-0.3, -0.25) is 4.68 Å². The Hall–Kier alpha value is -3.44. The highest BCUT2D eigenvalue weighted by atomic mass is 32.2. The highest BCUT2D eigenvalue weighted by Gasteiger charge is 2.40. The first kappa shape index (κ1) is 29.1. The Morgan fingerprint density at radius 3 is 2.37 bits per heavy atom. The monoisotopic (exact) mass is 586 g/mol. The van der Waals surface area contributed by atoms with Crippen LogP contribution in [0.15, 0.2) is 52.6 Å². The molecule has 212 valence electrons. The zero-order valence-corrected chi connectivity index (χ0v) is 26.2. The number of hydrogen-bond acceptors (Lipinski definition) is 6. The molecule has 0 radical (unpaired) electrons. The third-order valence-corrected chi connectivity index (χ3v) is 14.2. The number of nitrogens with zero attached hydrogens (tertiary/aromatic N) is 6. The molecule has 0 spiro atoms. The lowest BCUT2D eigenvalue weighted by molar-refractivity contribution is 0.115. The predicted molar refractivity (Wildman–Crippen MR) is 161 cm³/mol. The molecule has 41 heavy (non-hydrogen) atoms. The van der Waals surface area contributed by atoms with E-state index in [1.165, 1.54) is 23.9 Å². The second-order valence-corrected chi connectivity index (χ2v) is 18.1. The van der Waals surface area contributed by atoms with Gasteiger partial charge in [0.25, 0.3) is 0 Å². The standard InChI is InChI=1S/C31H35FN6OSSi/c1-20-27(18-36-38(20)25-8-10-26(11-9-25)39-41(5,6)31(2,3)4)22-14-29(30-23(16-34)17-35-37(30)19-22)40-28-12-7-24(32)13-21(28)15-33/h7,12-14,17-19,25-26H,8-11H2,1-6H3. The Morgan fingerprint density at radius 1 is 1.00 bits per heavy atom. The zero-order chi connectivity index (χ0) is 29.5. The van der Waals surface area contributed by atoms with Gasteiger partial charge in [0, 0.05) is 38.9 Å². The van der Waals surface area contributed by atoms with Crippen LogP contribution in [0.1, 0.15) is 69.3 Å². The van der Waals surface area contributed by atoms with E-state index in [1.54, 1.807) is 16.8 Å². The first-order chi connectivity index (χ1) is 19.4. The normalized spacial score (nSPS) is 17.9. The number of pyridine rings is 1. The number of rotatable bonds is 6. The van der Waals surface area contributed by atoms with Crippen LogP contribution in [0.5, 0.6) is 0 Å². The van der Waals surface area contributed by atoms with Gasteiger partial charge in [0.15, 0.2) is 8.32 Å². The van der Waals surface area contributed by atoms with Gasteiger partial charge in [-0.05, 0) is 75.0 Å². The van der Waals surface area contributed by atoms with E-state index in [1.807, 2.05) is 18.5 Å². The summed E-state index contributed by atoms with van der Waals surface area (Å²) in [5.74, 6) is -0.463. The molecule has 4 aromatic rings. The molecule has 1 aliphatic rings. The Morgan fingerprint density at radius 2 is 1.71 bits per heavy atom. The summed E-state index contributed by atoms with van der Waals surface area (Å²) < 4.78 is 24.3. The minimum absolute atomic E-state index is 0.199. The summed E-state index contributed by atoms with van der Waals surface area (Å²) in [6.45, 7) is 13.6. The van der Waals surface area contributed by atoms with Crippen molar-refractivity contribution in [2.75, 3.05) is 0 Å². The zero-order valence-electron chi connectivity index (χ0n) is 24.4. The van der Waals surface area contributed by atoms with Gasteiger partial charge < -0.3 is 4.43 Å².